The molecule has 1 aliphatic rings. The van der Waals surface area contributed by atoms with E-state index in [-0.39, 0.29) is 17.9 Å². The highest BCUT2D eigenvalue weighted by atomic mass is 16.2. The minimum atomic E-state index is -0.378. The Kier molecular flexibility index (Phi) is 5.10. The topological polar surface area (TPSA) is 78.1 Å². The molecule has 4 rings (SSSR count). The number of hydrogen-bond acceptors (Lipinski definition) is 3. The molecule has 2 heterocycles. The fraction of sp³-hybridized carbons (Fsp3) is 0.318. The number of nitrogens with one attached hydrogen (secondary N) is 2. The molecular formula is C22H24N4O2. The van der Waals surface area contributed by atoms with Gasteiger partial charge in [-0.15, -0.1) is 0 Å². The molecule has 0 aliphatic carbocycles. The second-order valence-corrected chi connectivity index (χ2v) is 7.12. The van der Waals surface area contributed by atoms with Crippen LogP contribution in [-0.2, 0) is 9.59 Å². The van der Waals surface area contributed by atoms with Crippen molar-refractivity contribution in [1.82, 2.24) is 14.9 Å². The Balaban J connectivity index is 1.48. The van der Waals surface area contributed by atoms with E-state index in [1.165, 1.54) is 0 Å². The minimum absolute atomic E-state index is 0.0417. The van der Waals surface area contributed by atoms with E-state index in [1.54, 1.807) is 4.90 Å². The molecule has 3 aromatic rings. The van der Waals surface area contributed by atoms with Gasteiger partial charge < -0.3 is 15.2 Å². The van der Waals surface area contributed by atoms with Gasteiger partial charge >= 0.3 is 0 Å². The van der Waals surface area contributed by atoms with E-state index in [9.17, 15) is 9.59 Å². The number of rotatable bonds is 4. The first-order chi connectivity index (χ1) is 13.7. The average Bonchev–Trinajstić information content (AvgIpc) is 3.18. The van der Waals surface area contributed by atoms with Crippen LogP contribution in [0.5, 0.6) is 0 Å². The lowest BCUT2D eigenvalue weighted by molar-refractivity contribution is -0.140. The molecule has 0 radical (unpaired) electrons. The fourth-order valence-corrected chi connectivity index (χ4v) is 3.73. The number of anilines is 1. The maximum atomic E-state index is 12.7. The van der Waals surface area contributed by atoms with Crippen molar-refractivity contribution in [3.05, 3.63) is 48.5 Å². The predicted molar refractivity (Wildman–Crippen MR) is 110 cm³/mol. The minimum Gasteiger partial charge on any atom is -0.338 e. The highest BCUT2D eigenvalue weighted by molar-refractivity contribution is 5.97. The number of para-hydroxylation sites is 2. The summed E-state index contributed by atoms with van der Waals surface area (Å²) in [5.74, 6) is 0.726. The molecule has 0 saturated carbocycles. The fourth-order valence-electron chi connectivity index (χ4n) is 3.73. The van der Waals surface area contributed by atoms with Crippen LogP contribution in [0.25, 0.3) is 22.4 Å². The van der Waals surface area contributed by atoms with Crippen LogP contribution >= 0.6 is 0 Å². The van der Waals surface area contributed by atoms with Gasteiger partial charge in [0.15, 0.2) is 0 Å². The Morgan fingerprint density at radius 2 is 1.93 bits per heavy atom. The zero-order valence-corrected chi connectivity index (χ0v) is 15.9. The number of nitrogens with zero attached hydrogens (tertiary/aromatic N) is 2. The van der Waals surface area contributed by atoms with E-state index in [0.717, 1.165) is 41.0 Å². The molecular weight excluding hydrogens is 352 g/mol. The number of likely N-dealkylation sites (tertiary alicyclic amines) is 1. The summed E-state index contributed by atoms with van der Waals surface area (Å²) in [6.45, 7) is 2.50. The van der Waals surface area contributed by atoms with Gasteiger partial charge in [0, 0.05) is 24.2 Å². The largest absolute Gasteiger partial charge is 0.338 e. The number of carbonyl (C=O) groups is 2. The zero-order valence-electron chi connectivity index (χ0n) is 15.9. The first kappa shape index (κ1) is 18.2. The zero-order chi connectivity index (χ0) is 19.5. The quantitative estimate of drug-likeness (QED) is 0.723. The molecule has 0 spiro atoms. The van der Waals surface area contributed by atoms with Crippen LogP contribution in [0.15, 0.2) is 48.5 Å². The SMILES string of the molecule is CCC(=O)N1CCCCC1C(=O)Nc1ccc(-c2nc3ccccc3[nH]2)cc1. The lowest BCUT2D eigenvalue weighted by atomic mass is 10.0. The number of imidazole rings is 1. The number of hydrogen-bond donors (Lipinski definition) is 2. The number of fused-ring (bicyclic) bond motifs is 1. The summed E-state index contributed by atoms with van der Waals surface area (Å²) in [4.78, 5) is 34.5. The van der Waals surface area contributed by atoms with Gasteiger partial charge in [-0.2, -0.15) is 0 Å². The molecule has 1 atom stereocenters. The van der Waals surface area contributed by atoms with Crippen LogP contribution in [-0.4, -0.2) is 39.3 Å². The van der Waals surface area contributed by atoms with Crippen LogP contribution in [0.1, 0.15) is 32.6 Å². The normalized spacial score (nSPS) is 16.9. The van der Waals surface area contributed by atoms with Crippen molar-refractivity contribution in [3.8, 4) is 11.4 Å². The summed E-state index contributed by atoms with van der Waals surface area (Å²) in [7, 11) is 0. The van der Waals surface area contributed by atoms with E-state index >= 15 is 0 Å². The molecule has 1 unspecified atom stereocenters. The van der Waals surface area contributed by atoms with E-state index < -0.39 is 0 Å². The van der Waals surface area contributed by atoms with Crippen molar-refractivity contribution in [2.24, 2.45) is 0 Å². The number of H-pyrrole nitrogens is 1. The molecule has 28 heavy (non-hydrogen) atoms. The van der Waals surface area contributed by atoms with Gasteiger partial charge in [0.25, 0.3) is 0 Å². The molecule has 6 nitrogen and oxygen atoms in total. The average molecular weight is 376 g/mol. The van der Waals surface area contributed by atoms with Gasteiger partial charge in [-0.3, -0.25) is 9.59 Å². The van der Waals surface area contributed by atoms with Crippen molar-refractivity contribution >= 4 is 28.5 Å². The molecule has 2 N–H and O–H groups in total. The Labute approximate surface area is 164 Å². The first-order valence-electron chi connectivity index (χ1n) is 9.81. The molecule has 2 aromatic carbocycles. The molecule has 1 saturated heterocycles. The van der Waals surface area contributed by atoms with Crippen molar-refractivity contribution in [2.75, 3.05) is 11.9 Å². The van der Waals surface area contributed by atoms with Crippen molar-refractivity contribution in [3.63, 3.8) is 0 Å². The predicted octanol–water partition coefficient (Wildman–Crippen LogP) is 3.96. The second kappa shape index (κ2) is 7.84. The highest BCUT2D eigenvalue weighted by Gasteiger charge is 2.31. The van der Waals surface area contributed by atoms with Gasteiger partial charge in [0.05, 0.1) is 11.0 Å². The molecule has 144 valence electrons. The van der Waals surface area contributed by atoms with E-state index in [0.29, 0.717) is 19.4 Å². The summed E-state index contributed by atoms with van der Waals surface area (Å²) < 4.78 is 0. The number of piperidine rings is 1. The van der Waals surface area contributed by atoms with Crippen molar-refractivity contribution in [1.29, 1.82) is 0 Å². The monoisotopic (exact) mass is 376 g/mol. The summed E-state index contributed by atoms with van der Waals surface area (Å²) in [5.41, 5.74) is 3.59. The molecule has 1 aromatic heterocycles. The third kappa shape index (κ3) is 3.63. The number of carbonyl (C=O) groups excluding carboxylic acids is 2. The molecule has 2 amide bonds. The van der Waals surface area contributed by atoms with Crippen LogP contribution in [0.3, 0.4) is 0 Å². The second-order valence-electron chi connectivity index (χ2n) is 7.12. The number of aromatic amines is 1. The summed E-state index contributed by atoms with van der Waals surface area (Å²) in [5, 5.41) is 2.96. The number of aromatic nitrogens is 2. The Bertz CT molecular complexity index is 960. The van der Waals surface area contributed by atoms with Crippen LogP contribution in [0, 0.1) is 0 Å². The Morgan fingerprint density at radius 3 is 2.68 bits per heavy atom. The van der Waals surface area contributed by atoms with Crippen molar-refractivity contribution < 1.29 is 9.59 Å². The number of amides is 2. The molecule has 6 heteroatoms. The van der Waals surface area contributed by atoms with E-state index in [1.807, 2.05) is 55.5 Å². The lowest BCUT2D eigenvalue weighted by Crippen LogP contribution is -2.49. The van der Waals surface area contributed by atoms with Gasteiger partial charge in [0.1, 0.15) is 11.9 Å². The maximum Gasteiger partial charge on any atom is 0.247 e. The van der Waals surface area contributed by atoms with Crippen LogP contribution < -0.4 is 5.32 Å². The Hall–Kier alpha value is -3.15. The van der Waals surface area contributed by atoms with Gasteiger partial charge in [0.2, 0.25) is 11.8 Å². The molecule has 1 aliphatic heterocycles. The number of benzene rings is 2. The van der Waals surface area contributed by atoms with Crippen LogP contribution in [0.4, 0.5) is 5.69 Å². The summed E-state index contributed by atoms with van der Waals surface area (Å²) >= 11 is 0. The maximum absolute atomic E-state index is 12.7. The molecule has 0 bridgehead atoms. The van der Waals surface area contributed by atoms with Crippen LogP contribution in [0.2, 0.25) is 0 Å². The third-order valence-corrected chi connectivity index (χ3v) is 5.24. The third-order valence-electron chi connectivity index (χ3n) is 5.24. The summed E-state index contributed by atoms with van der Waals surface area (Å²) in [6.07, 6.45) is 3.07. The molecule has 1 fully saturated rings. The van der Waals surface area contributed by atoms with E-state index in [2.05, 4.69) is 15.3 Å². The van der Waals surface area contributed by atoms with E-state index in [4.69, 9.17) is 0 Å². The lowest BCUT2D eigenvalue weighted by Gasteiger charge is -2.34. The highest BCUT2D eigenvalue weighted by Crippen LogP contribution is 2.23. The summed E-state index contributed by atoms with van der Waals surface area (Å²) in [6, 6.07) is 15.1. The van der Waals surface area contributed by atoms with Gasteiger partial charge in [-0.1, -0.05) is 19.1 Å². The Morgan fingerprint density at radius 1 is 1.14 bits per heavy atom. The van der Waals surface area contributed by atoms with Crippen molar-refractivity contribution in [2.45, 2.75) is 38.6 Å². The smallest absolute Gasteiger partial charge is 0.247 e. The first-order valence-corrected chi connectivity index (χ1v) is 9.81. The van der Waals surface area contributed by atoms with Gasteiger partial charge in [-0.25, -0.2) is 4.98 Å². The van der Waals surface area contributed by atoms with Gasteiger partial charge in [-0.05, 0) is 55.7 Å². The standard InChI is InChI=1S/C22H24N4O2/c1-2-20(27)26-14-6-5-9-19(26)22(28)23-16-12-10-15(11-13-16)21-24-17-7-3-4-8-18(17)25-21/h3-4,7-8,10-13,19H,2,5-6,9,14H2,1H3,(H,23,28)(H,24,25).